The van der Waals surface area contributed by atoms with Crippen LogP contribution in [0.1, 0.15) is 40.0 Å². The first kappa shape index (κ1) is 16.0. The number of hydrogen-bond acceptors (Lipinski definition) is 3. The van der Waals surface area contributed by atoms with Gasteiger partial charge in [0.15, 0.2) is 0 Å². The molecule has 4 heteroatoms. The Bertz CT molecular complexity index is 558. The van der Waals surface area contributed by atoms with Crippen molar-refractivity contribution in [3.05, 3.63) is 30.5 Å². The maximum Gasteiger partial charge on any atom is 0.0682 e. The first-order valence-corrected chi connectivity index (χ1v) is 7.89. The Morgan fingerprint density at radius 3 is 2.76 bits per heavy atom. The number of fused-ring (bicyclic) bond motifs is 1. The van der Waals surface area contributed by atoms with E-state index >= 15 is 0 Å². The smallest absolute Gasteiger partial charge is 0.0682 e. The highest BCUT2D eigenvalue weighted by molar-refractivity contribution is 5.78. The Balaban J connectivity index is 1.99. The van der Waals surface area contributed by atoms with Crippen LogP contribution in [0.3, 0.4) is 0 Å². The standard InChI is InChI=1S/C17H27N3O/c1-4-17(13-21,19-14(2)3)10-7-11-20-16-9-6-5-8-15(16)12-18-20/h5-6,8-9,12,14,19,21H,4,7,10-11,13H2,1-3H3. The maximum absolute atomic E-state index is 9.77. The van der Waals surface area contributed by atoms with Crippen LogP contribution in [0, 0.1) is 0 Å². The van der Waals surface area contributed by atoms with Crippen molar-refractivity contribution in [3.8, 4) is 0 Å². The minimum absolute atomic E-state index is 0.170. The molecule has 1 aromatic carbocycles. The summed E-state index contributed by atoms with van der Waals surface area (Å²) in [5.41, 5.74) is 1.01. The molecule has 2 rings (SSSR count). The maximum atomic E-state index is 9.77. The third-order valence-corrected chi connectivity index (χ3v) is 4.15. The fourth-order valence-electron chi connectivity index (χ4n) is 2.97. The Kier molecular flexibility index (Phi) is 5.37. The quantitative estimate of drug-likeness (QED) is 0.785. The minimum Gasteiger partial charge on any atom is -0.394 e. The molecule has 21 heavy (non-hydrogen) atoms. The number of aryl methyl sites for hydroxylation is 1. The van der Waals surface area contributed by atoms with E-state index in [1.165, 1.54) is 10.9 Å². The van der Waals surface area contributed by atoms with Gasteiger partial charge in [-0.15, -0.1) is 0 Å². The fraction of sp³-hybridized carbons (Fsp3) is 0.588. The summed E-state index contributed by atoms with van der Waals surface area (Å²) in [5, 5.41) is 18.9. The Morgan fingerprint density at radius 1 is 1.33 bits per heavy atom. The molecule has 0 aliphatic rings. The van der Waals surface area contributed by atoms with Gasteiger partial charge in [0.05, 0.1) is 18.3 Å². The summed E-state index contributed by atoms with van der Waals surface area (Å²) < 4.78 is 2.06. The average Bonchev–Trinajstić information content (AvgIpc) is 2.89. The van der Waals surface area contributed by atoms with Crippen LogP contribution in [0.2, 0.25) is 0 Å². The number of aliphatic hydroxyl groups is 1. The van der Waals surface area contributed by atoms with Crippen LogP contribution in [0.4, 0.5) is 0 Å². The topological polar surface area (TPSA) is 50.1 Å². The number of aromatic nitrogens is 2. The summed E-state index contributed by atoms with van der Waals surface area (Å²) in [7, 11) is 0. The van der Waals surface area contributed by atoms with E-state index in [4.69, 9.17) is 0 Å². The summed E-state index contributed by atoms with van der Waals surface area (Å²) in [4.78, 5) is 0. The molecule has 0 bridgehead atoms. The zero-order valence-electron chi connectivity index (χ0n) is 13.3. The molecule has 0 saturated heterocycles. The van der Waals surface area contributed by atoms with Crippen LogP contribution in [0.5, 0.6) is 0 Å². The highest BCUT2D eigenvalue weighted by atomic mass is 16.3. The number of hydrogen-bond donors (Lipinski definition) is 2. The first-order chi connectivity index (χ1) is 10.1. The summed E-state index contributed by atoms with van der Waals surface area (Å²) in [6.45, 7) is 7.45. The van der Waals surface area contributed by atoms with Crippen molar-refractivity contribution >= 4 is 10.9 Å². The van der Waals surface area contributed by atoms with Crippen LogP contribution < -0.4 is 5.32 Å². The molecule has 0 amide bonds. The summed E-state index contributed by atoms with van der Waals surface area (Å²) in [5.74, 6) is 0. The molecule has 2 N–H and O–H groups in total. The van der Waals surface area contributed by atoms with E-state index < -0.39 is 0 Å². The van der Waals surface area contributed by atoms with Gasteiger partial charge in [0.1, 0.15) is 0 Å². The van der Waals surface area contributed by atoms with Gasteiger partial charge in [-0.3, -0.25) is 4.68 Å². The third kappa shape index (κ3) is 3.83. The van der Waals surface area contributed by atoms with Crippen molar-refractivity contribution in [3.63, 3.8) is 0 Å². The molecule has 4 nitrogen and oxygen atoms in total. The zero-order valence-corrected chi connectivity index (χ0v) is 13.3. The van der Waals surface area contributed by atoms with Gasteiger partial charge in [-0.2, -0.15) is 5.10 Å². The zero-order chi connectivity index (χ0) is 15.3. The Hall–Kier alpha value is -1.39. The monoisotopic (exact) mass is 289 g/mol. The second kappa shape index (κ2) is 7.05. The lowest BCUT2D eigenvalue weighted by Crippen LogP contribution is -2.51. The average molecular weight is 289 g/mol. The lowest BCUT2D eigenvalue weighted by Gasteiger charge is -2.34. The van der Waals surface area contributed by atoms with Crippen LogP contribution in [0.25, 0.3) is 10.9 Å². The van der Waals surface area contributed by atoms with Crippen molar-refractivity contribution in [2.24, 2.45) is 0 Å². The number of aliphatic hydroxyl groups excluding tert-OH is 1. The van der Waals surface area contributed by atoms with Crippen molar-refractivity contribution in [1.82, 2.24) is 15.1 Å². The lowest BCUT2D eigenvalue weighted by molar-refractivity contribution is 0.134. The van der Waals surface area contributed by atoms with Crippen molar-refractivity contribution in [1.29, 1.82) is 0 Å². The lowest BCUT2D eigenvalue weighted by atomic mass is 9.90. The van der Waals surface area contributed by atoms with Gasteiger partial charge in [-0.1, -0.05) is 39.0 Å². The molecule has 1 aromatic heterocycles. The van der Waals surface area contributed by atoms with Gasteiger partial charge in [-0.25, -0.2) is 0 Å². The molecular formula is C17H27N3O. The molecule has 0 fully saturated rings. The first-order valence-electron chi connectivity index (χ1n) is 7.89. The Labute approximate surface area is 127 Å². The molecule has 2 aromatic rings. The van der Waals surface area contributed by atoms with Crippen LogP contribution in [0.15, 0.2) is 30.5 Å². The van der Waals surface area contributed by atoms with Crippen molar-refractivity contribution in [2.45, 2.75) is 58.2 Å². The number of benzene rings is 1. The van der Waals surface area contributed by atoms with E-state index in [9.17, 15) is 5.11 Å². The van der Waals surface area contributed by atoms with Crippen LogP contribution in [-0.4, -0.2) is 33.1 Å². The van der Waals surface area contributed by atoms with Gasteiger partial charge in [0, 0.05) is 23.5 Å². The Morgan fingerprint density at radius 2 is 2.10 bits per heavy atom. The number of rotatable bonds is 8. The summed E-state index contributed by atoms with van der Waals surface area (Å²) in [6.07, 6.45) is 4.80. The third-order valence-electron chi connectivity index (χ3n) is 4.15. The fourth-order valence-corrected chi connectivity index (χ4v) is 2.97. The molecule has 1 unspecified atom stereocenters. The van der Waals surface area contributed by atoms with Crippen molar-refractivity contribution in [2.75, 3.05) is 6.61 Å². The minimum atomic E-state index is -0.170. The van der Waals surface area contributed by atoms with Crippen LogP contribution in [-0.2, 0) is 6.54 Å². The van der Waals surface area contributed by atoms with Crippen molar-refractivity contribution < 1.29 is 5.11 Å². The van der Waals surface area contributed by atoms with Gasteiger partial charge in [-0.05, 0) is 25.3 Å². The van der Waals surface area contributed by atoms with E-state index in [0.717, 1.165) is 25.8 Å². The van der Waals surface area contributed by atoms with E-state index in [2.05, 4.69) is 48.0 Å². The molecule has 116 valence electrons. The largest absolute Gasteiger partial charge is 0.394 e. The predicted molar refractivity (Wildman–Crippen MR) is 87.3 cm³/mol. The summed E-state index contributed by atoms with van der Waals surface area (Å²) >= 11 is 0. The highest BCUT2D eigenvalue weighted by Crippen LogP contribution is 2.20. The van der Waals surface area contributed by atoms with Crippen LogP contribution >= 0.6 is 0 Å². The van der Waals surface area contributed by atoms with Gasteiger partial charge in [0.25, 0.3) is 0 Å². The molecule has 0 saturated carbocycles. The molecule has 0 spiro atoms. The highest BCUT2D eigenvalue weighted by Gasteiger charge is 2.27. The second-order valence-corrected chi connectivity index (χ2v) is 6.12. The van der Waals surface area contributed by atoms with Gasteiger partial charge in [0.2, 0.25) is 0 Å². The molecular weight excluding hydrogens is 262 g/mol. The molecule has 0 radical (unpaired) electrons. The number of nitrogens with zero attached hydrogens (tertiary/aromatic N) is 2. The van der Waals surface area contributed by atoms with E-state index in [0.29, 0.717) is 6.04 Å². The summed E-state index contributed by atoms with van der Waals surface area (Å²) in [6, 6.07) is 8.65. The van der Waals surface area contributed by atoms with E-state index in [1.807, 2.05) is 18.3 Å². The normalized spacial score (nSPS) is 14.7. The SMILES string of the molecule is CCC(CO)(CCCn1ncc2ccccc21)NC(C)C. The van der Waals surface area contributed by atoms with Gasteiger partial charge < -0.3 is 10.4 Å². The number of para-hydroxylation sites is 1. The van der Waals surface area contributed by atoms with E-state index in [-0.39, 0.29) is 12.1 Å². The molecule has 0 aliphatic carbocycles. The molecule has 0 aliphatic heterocycles. The molecule has 1 atom stereocenters. The second-order valence-electron chi connectivity index (χ2n) is 6.12. The number of nitrogens with one attached hydrogen (secondary N) is 1. The predicted octanol–water partition coefficient (Wildman–Crippen LogP) is 2.96. The van der Waals surface area contributed by atoms with E-state index in [1.54, 1.807) is 0 Å². The van der Waals surface area contributed by atoms with Gasteiger partial charge >= 0.3 is 0 Å². The molecule has 1 heterocycles.